The quantitative estimate of drug-likeness (QED) is 0.772. The van der Waals surface area contributed by atoms with Gasteiger partial charge < -0.3 is 14.2 Å². The molecule has 1 aromatic rings. The van der Waals surface area contributed by atoms with Gasteiger partial charge in [-0.2, -0.15) is 0 Å². The van der Waals surface area contributed by atoms with Crippen molar-refractivity contribution in [3.8, 4) is 11.5 Å². The number of rotatable bonds is 3. The van der Waals surface area contributed by atoms with Gasteiger partial charge in [-0.25, -0.2) is 0 Å². The number of carbonyl (C=O) groups is 1. The van der Waals surface area contributed by atoms with Gasteiger partial charge in [-0.15, -0.1) is 0 Å². The topological polar surface area (TPSA) is 51.2 Å². The largest absolute Gasteiger partial charge is 0.464 e. The van der Waals surface area contributed by atoms with E-state index in [1.165, 1.54) is 5.56 Å². The summed E-state index contributed by atoms with van der Waals surface area (Å²) in [6, 6.07) is 6.10. The van der Waals surface area contributed by atoms with Crippen LogP contribution in [0.5, 0.6) is 11.5 Å². The summed E-state index contributed by atoms with van der Waals surface area (Å²) in [6.07, 6.45) is 0.834. The van der Waals surface area contributed by atoms with E-state index in [2.05, 4.69) is 21.9 Å². The summed E-state index contributed by atoms with van der Waals surface area (Å²) in [5.74, 6) is 1.61. The van der Waals surface area contributed by atoms with E-state index in [1.54, 1.807) is 0 Å². The Balaban J connectivity index is 1.33. The molecule has 4 rings (SSSR count). The Bertz CT molecular complexity index is 569. The molecule has 3 aliphatic heterocycles. The molecule has 118 valence electrons. The average Bonchev–Trinajstić information content (AvgIpc) is 3.16. The molecular formula is C16H20N2O4. The van der Waals surface area contributed by atoms with Crippen molar-refractivity contribution in [3.63, 3.8) is 0 Å². The number of cyclic esters (lactones) is 1. The van der Waals surface area contributed by atoms with Crippen molar-refractivity contribution in [2.45, 2.75) is 19.0 Å². The van der Waals surface area contributed by atoms with Gasteiger partial charge in [-0.3, -0.25) is 14.6 Å². The Morgan fingerprint density at radius 2 is 1.86 bits per heavy atom. The molecule has 0 radical (unpaired) electrons. The lowest BCUT2D eigenvalue weighted by Crippen LogP contribution is -2.51. The van der Waals surface area contributed by atoms with Crippen molar-refractivity contribution in [1.29, 1.82) is 0 Å². The predicted molar refractivity (Wildman–Crippen MR) is 78.8 cm³/mol. The number of ether oxygens (including phenoxy) is 3. The number of fused-ring (bicyclic) bond motifs is 1. The minimum atomic E-state index is -0.0516. The van der Waals surface area contributed by atoms with Crippen LogP contribution < -0.4 is 9.47 Å². The van der Waals surface area contributed by atoms with Crippen LogP contribution in [0.25, 0.3) is 0 Å². The molecule has 0 spiro atoms. The van der Waals surface area contributed by atoms with Gasteiger partial charge >= 0.3 is 5.97 Å². The van der Waals surface area contributed by atoms with Crippen LogP contribution >= 0.6 is 0 Å². The third-order valence-corrected chi connectivity index (χ3v) is 4.60. The van der Waals surface area contributed by atoms with Crippen molar-refractivity contribution in [2.75, 3.05) is 39.6 Å². The highest BCUT2D eigenvalue weighted by molar-refractivity contribution is 5.77. The first kappa shape index (κ1) is 13.8. The van der Waals surface area contributed by atoms with Gasteiger partial charge in [0.15, 0.2) is 11.5 Å². The summed E-state index contributed by atoms with van der Waals surface area (Å²) >= 11 is 0. The van der Waals surface area contributed by atoms with Gasteiger partial charge in [0.25, 0.3) is 0 Å². The maximum absolute atomic E-state index is 11.7. The molecule has 0 N–H and O–H groups in total. The van der Waals surface area contributed by atoms with Crippen LogP contribution in [-0.2, 0) is 16.1 Å². The maximum atomic E-state index is 11.7. The van der Waals surface area contributed by atoms with Gasteiger partial charge in [0, 0.05) is 39.1 Å². The lowest BCUT2D eigenvalue weighted by atomic mass is 10.1. The second-order valence-electron chi connectivity index (χ2n) is 5.97. The monoisotopic (exact) mass is 304 g/mol. The Hall–Kier alpha value is -1.79. The van der Waals surface area contributed by atoms with E-state index < -0.39 is 0 Å². The fourth-order valence-corrected chi connectivity index (χ4v) is 3.35. The molecule has 6 nitrogen and oxygen atoms in total. The highest BCUT2D eigenvalue weighted by Crippen LogP contribution is 2.32. The first-order valence-electron chi connectivity index (χ1n) is 7.81. The second-order valence-corrected chi connectivity index (χ2v) is 5.97. The summed E-state index contributed by atoms with van der Waals surface area (Å²) in [6.45, 7) is 5.57. The Kier molecular flexibility index (Phi) is 3.63. The van der Waals surface area contributed by atoms with E-state index in [4.69, 9.17) is 14.2 Å². The maximum Gasteiger partial charge on any atom is 0.323 e. The minimum absolute atomic E-state index is 0.0207. The third-order valence-electron chi connectivity index (χ3n) is 4.60. The Morgan fingerprint density at radius 3 is 2.64 bits per heavy atom. The number of carbonyl (C=O) groups excluding carboxylic acids is 1. The molecule has 6 heteroatoms. The van der Waals surface area contributed by atoms with Crippen LogP contribution in [-0.4, -0.2) is 61.4 Å². The average molecular weight is 304 g/mol. The van der Waals surface area contributed by atoms with Gasteiger partial charge in [-0.05, 0) is 17.7 Å². The van der Waals surface area contributed by atoms with E-state index in [0.29, 0.717) is 13.4 Å². The first-order chi connectivity index (χ1) is 10.8. The normalized spacial score (nSPS) is 25.5. The fourth-order valence-electron chi connectivity index (χ4n) is 3.35. The first-order valence-corrected chi connectivity index (χ1v) is 7.81. The molecule has 0 aliphatic carbocycles. The summed E-state index contributed by atoms with van der Waals surface area (Å²) in [7, 11) is 0. The summed E-state index contributed by atoms with van der Waals surface area (Å²) in [5.41, 5.74) is 1.23. The van der Waals surface area contributed by atoms with E-state index in [0.717, 1.165) is 50.6 Å². The van der Waals surface area contributed by atoms with Crippen LogP contribution in [0, 0.1) is 0 Å². The molecule has 3 aliphatic rings. The SMILES string of the molecule is O=C1OCC[C@H]1N1CCN(Cc2ccc3c(c2)OCO3)CC1. The highest BCUT2D eigenvalue weighted by Gasteiger charge is 2.33. The number of hydrogen-bond acceptors (Lipinski definition) is 6. The smallest absolute Gasteiger partial charge is 0.323 e. The van der Waals surface area contributed by atoms with Crippen LogP contribution in [0.2, 0.25) is 0 Å². The number of esters is 1. The number of hydrogen-bond donors (Lipinski definition) is 0. The van der Waals surface area contributed by atoms with Crippen molar-refractivity contribution in [2.24, 2.45) is 0 Å². The minimum Gasteiger partial charge on any atom is -0.464 e. The van der Waals surface area contributed by atoms with Crippen LogP contribution in [0.1, 0.15) is 12.0 Å². The number of piperazine rings is 1. The third kappa shape index (κ3) is 2.64. The zero-order chi connectivity index (χ0) is 14.9. The van der Waals surface area contributed by atoms with E-state index >= 15 is 0 Å². The molecule has 22 heavy (non-hydrogen) atoms. The molecular weight excluding hydrogens is 284 g/mol. The van der Waals surface area contributed by atoms with Crippen molar-refractivity contribution in [1.82, 2.24) is 9.80 Å². The molecule has 0 saturated carbocycles. The Morgan fingerprint density at radius 1 is 1.05 bits per heavy atom. The Labute approximate surface area is 129 Å². The van der Waals surface area contributed by atoms with Gasteiger partial charge in [0.1, 0.15) is 6.04 Å². The second kappa shape index (κ2) is 5.78. The van der Waals surface area contributed by atoms with Crippen molar-refractivity contribution in [3.05, 3.63) is 23.8 Å². The standard InChI is InChI=1S/C16H20N2O4/c19-16-13(3-8-20-16)18-6-4-17(5-7-18)10-12-1-2-14-15(9-12)22-11-21-14/h1-2,9,13H,3-8,10-11H2/t13-/m1/s1. The fraction of sp³-hybridized carbons (Fsp3) is 0.562. The highest BCUT2D eigenvalue weighted by atomic mass is 16.7. The van der Waals surface area contributed by atoms with Crippen LogP contribution in [0.15, 0.2) is 18.2 Å². The molecule has 2 saturated heterocycles. The lowest BCUT2D eigenvalue weighted by molar-refractivity contribution is -0.142. The molecule has 2 fully saturated rings. The zero-order valence-electron chi connectivity index (χ0n) is 12.5. The summed E-state index contributed by atoms with van der Waals surface area (Å²) in [5, 5.41) is 0. The molecule has 0 amide bonds. The zero-order valence-corrected chi connectivity index (χ0v) is 12.5. The molecule has 0 aromatic heterocycles. The van der Waals surface area contributed by atoms with Crippen molar-refractivity contribution >= 4 is 5.97 Å². The van der Waals surface area contributed by atoms with Gasteiger partial charge in [-0.1, -0.05) is 6.07 Å². The van der Waals surface area contributed by atoms with E-state index in [1.807, 2.05) is 6.07 Å². The molecule has 3 heterocycles. The van der Waals surface area contributed by atoms with E-state index in [9.17, 15) is 4.79 Å². The van der Waals surface area contributed by atoms with E-state index in [-0.39, 0.29) is 12.0 Å². The number of benzene rings is 1. The van der Waals surface area contributed by atoms with Gasteiger partial charge in [0.05, 0.1) is 6.61 Å². The summed E-state index contributed by atoms with van der Waals surface area (Å²) < 4.78 is 15.8. The van der Waals surface area contributed by atoms with Crippen molar-refractivity contribution < 1.29 is 19.0 Å². The lowest BCUT2D eigenvalue weighted by Gasteiger charge is -2.36. The van der Waals surface area contributed by atoms with Gasteiger partial charge in [0.2, 0.25) is 6.79 Å². The molecule has 0 bridgehead atoms. The number of nitrogens with zero attached hydrogens (tertiary/aromatic N) is 2. The predicted octanol–water partition coefficient (Wildman–Crippen LogP) is 0.848. The van der Waals surface area contributed by atoms with Crippen LogP contribution in [0.4, 0.5) is 0 Å². The van der Waals surface area contributed by atoms with Crippen LogP contribution in [0.3, 0.4) is 0 Å². The molecule has 1 atom stereocenters. The molecule has 1 aromatic carbocycles. The molecule has 0 unspecified atom stereocenters. The summed E-state index contributed by atoms with van der Waals surface area (Å²) in [4.78, 5) is 16.3.